The van der Waals surface area contributed by atoms with E-state index in [0.29, 0.717) is 17.4 Å². The number of nitroso groups, excluding NO2 is 1. The lowest BCUT2D eigenvalue weighted by atomic mass is 10.1. The average Bonchev–Trinajstić information content (AvgIpc) is 2.56. The number of ether oxygens (including phenoxy) is 1. The molecule has 7 nitrogen and oxygen atoms in total. The summed E-state index contributed by atoms with van der Waals surface area (Å²) in [5.41, 5.74) is 0.380. The van der Waals surface area contributed by atoms with Crippen LogP contribution in [0.25, 0.3) is 0 Å². The molecule has 1 aliphatic rings. The summed E-state index contributed by atoms with van der Waals surface area (Å²) in [7, 11) is 0. The number of aromatic nitrogens is 3. The van der Waals surface area contributed by atoms with Crippen molar-refractivity contribution in [3.8, 4) is 5.88 Å². The molecular weight excluding hydrogens is 270 g/mol. The van der Waals surface area contributed by atoms with E-state index in [2.05, 4.69) is 25.0 Å². The van der Waals surface area contributed by atoms with Gasteiger partial charge < -0.3 is 9.64 Å². The van der Waals surface area contributed by atoms with Gasteiger partial charge in [0, 0.05) is 44.5 Å². The molecular formula is C14H15N5O2. The van der Waals surface area contributed by atoms with Crippen molar-refractivity contribution < 1.29 is 4.74 Å². The summed E-state index contributed by atoms with van der Waals surface area (Å²) in [5, 5.41) is 3.03. The fraction of sp³-hybridized carbons (Fsp3) is 0.357. The Hall–Kier alpha value is -2.57. The predicted octanol–water partition coefficient (Wildman–Crippen LogP) is 2.32. The Morgan fingerprint density at radius 1 is 1.19 bits per heavy atom. The summed E-state index contributed by atoms with van der Waals surface area (Å²) in [6.45, 7) is 1.54. The molecule has 1 saturated heterocycles. The third-order valence-electron chi connectivity index (χ3n) is 3.43. The summed E-state index contributed by atoms with van der Waals surface area (Å²) < 4.78 is 5.79. The average molecular weight is 285 g/mol. The molecule has 3 heterocycles. The van der Waals surface area contributed by atoms with Gasteiger partial charge in [-0.3, -0.25) is 4.98 Å². The van der Waals surface area contributed by atoms with E-state index in [-0.39, 0.29) is 6.10 Å². The van der Waals surface area contributed by atoms with Crippen LogP contribution in [0.3, 0.4) is 0 Å². The largest absolute Gasteiger partial charge is 0.473 e. The maximum atomic E-state index is 10.8. The van der Waals surface area contributed by atoms with Crippen molar-refractivity contribution in [1.29, 1.82) is 0 Å². The van der Waals surface area contributed by atoms with Crippen molar-refractivity contribution >= 4 is 11.5 Å². The normalized spacial score (nSPS) is 15.7. The zero-order valence-electron chi connectivity index (χ0n) is 11.4. The molecule has 108 valence electrons. The third-order valence-corrected chi connectivity index (χ3v) is 3.43. The van der Waals surface area contributed by atoms with Gasteiger partial charge in [0.1, 0.15) is 11.8 Å². The van der Waals surface area contributed by atoms with E-state index in [1.807, 2.05) is 0 Å². The van der Waals surface area contributed by atoms with Gasteiger partial charge in [0.15, 0.2) is 5.82 Å². The number of nitrogens with zero attached hydrogens (tertiary/aromatic N) is 5. The molecule has 0 bridgehead atoms. The minimum absolute atomic E-state index is 0.106. The van der Waals surface area contributed by atoms with Crippen LogP contribution in [0.2, 0.25) is 0 Å². The van der Waals surface area contributed by atoms with Crippen molar-refractivity contribution in [1.82, 2.24) is 15.0 Å². The Morgan fingerprint density at radius 2 is 2.05 bits per heavy atom. The molecule has 0 aromatic carbocycles. The van der Waals surface area contributed by atoms with Crippen molar-refractivity contribution in [3.05, 3.63) is 41.8 Å². The van der Waals surface area contributed by atoms with Gasteiger partial charge in [-0.15, -0.1) is 4.91 Å². The van der Waals surface area contributed by atoms with E-state index in [1.54, 1.807) is 36.9 Å². The van der Waals surface area contributed by atoms with Gasteiger partial charge in [-0.05, 0) is 17.3 Å². The molecule has 0 N–H and O–H groups in total. The van der Waals surface area contributed by atoms with E-state index in [1.165, 1.54) is 0 Å². The number of hydrogen-bond acceptors (Lipinski definition) is 7. The molecule has 1 fully saturated rings. The molecule has 0 saturated carbocycles. The van der Waals surface area contributed by atoms with Crippen LogP contribution in [-0.4, -0.2) is 34.1 Å². The van der Waals surface area contributed by atoms with Crippen molar-refractivity contribution in [2.45, 2.75) is 18.9 Å². The van der Waals surface area contributed by atoms with Gasteiger partial charge in [-0.2, -0.15) is 0 Å². The lowest BCUT2D eigenvalue weighted by molar-refractivity contribution is 0.163. The Bertz CT molecular complexity index is 599. The molecule has 1 aliphatic heterocycles. The van der Waals surface area contributed by atoms with Crippen LogP contribution in [0.4, 0.5) is 11.5 Å². The van der Waals surface area contributed by atoms with Crippen LogP contribution >= 0.6 is 0 Å². The molecule has 7 heteroatoms. The monoisotopic (exact) mass is 285 g/mol. The molecule has 0 aliphatic carbocycles. The van der Waals surface area contributed by atoms with E-state index in [0.717, 1.165) is 25.9 Å². The van der Waals surface area contributed by atoms with Gasteiger partial charge in [-0.25, -0.2) is 9.97 Å². The number of anilines is 1. The highest BCUT2D eigenvalue weighted by molar-refractivity contribution is 5.61. The van der Waals surface area contributed by atoms with Crippen LogP contribution in [0, 0.1) is 4.91 Å². The predicted molar refractivity (Wildman–Crippen MR) is 77.6 cm³/mol. The number of rotatable bonds is 4. The van der Waals surface area contributed by atoms with Crippen LogP contribution in [0.1, 0.15) is 12.8 Å². The van der Waals surface area contributed by atoms with Crippen LogP contribution < -0.4 is 9.64 Å². The quantitative estimate of drug-likeness (QED) is 0.802. The van der Waals surface area contributed by atoms with E-state index in [9.17, 15) is 4.91 Å². The Balaban J connectivity index is 1.61. The summed E-state index contributed by atoms with van der Waals surface area (Å²) in [6, 6.07) is 3.39. The van der Waals surface area contributed by atoms with E-state index < -0.39 is 0 Å². The second kappa shape index (κ2) is 6.25. The summed E-state index contributed by atoms with van der Waals surface area (Å²) >= 11 is 0. The number of pyridine rings is 1. The van der Waals surface area contributed by atoms with Crippen LogP contribution in [-0.2, 0) is 0 Å². The minimum Gasteiger partial charge on any atom is -0.473 e. The topological polar surface area (TPSA) is 80.6 Å². The SMILES string of the molecule is O=Nc1cccnc1N1CCC(Oc2cnccn2)CC1. The first-order valence-electron chi connectivity index (χ1n) is 6.83. The van der Waals surface area contributed by atoms with E-state index >= 15 is 0 Å². The fourth-order valence-electron chi connectivity index (χ4n) is 2.41. The lowest BCUT2D eigenvalue weighted by Gasteiger charge is -2.32. The van der Waals surface area contributed by atoms with Crippen molar-refractivity contribution in [2.75, 3.05) is 18.0 Å². The molecule has 2 aromatic heterocycles. The number of hydrogen-bond donors (Lipinski definition) is 0. The van der Waals surface area contributed by atoms with Gasteiger partial charge in [0.25, 0.3) is 0 Å². The van der Waals surface area contributed by atoms with Gasteiger partial charge in [0.2, 0.25) is 5.88 Å². The first-order valence-corrected chi connectivity index (χ1v) is 6.83. The smallest absolute Gasteiger partial charge is 0.232 e. The van der Waals surface area contributed by atoms with Crippen molar-refractivity contribution in [3.63, 3.8) is 0 Å². The fourth-order valence-corrected chi connectivity index (χ4v) is 2.41. The minimum atomic E-state index is 0.106. The molecule has 3 rings (SSSR count). The zero-order chi connectivity index (χ0) is 14.5. The summed E-state index contributed by atoms with van der Waals surface area (Å²) in [6.07, 6.45) is 8.29. The molecule has 0 spiro atoms. The standard InChI is InChI=1S/C14H15N5O2/c20-18-12-2-1-5-17-14(12)19-8-3-11(4-9-19)21-13-10-15-6-7-16-13/h1-2,5-7,10-11H,3-4,8-9H2. The Labute approximate surface area is 122 Å². The maximum absolute atomic E-state index is 10.8. The van der Waals surface area contributed by atoms with Crippen molar-refractivity contribution in [2.24, 2.45) is 5.18 Å². The first-order chi connectivity index (χ1) is 10.4. The molecule has 0 amide bonds. The van der Waals surface area contributed by atoms with Crippen LogP contribution in [0.5, 0.6) is 5.88 Å². The summed E-state index contributed by atoms with van der Waals surface area (Å²) in [4.78, 5) is 25.2. The highest BCUT2D eigenvalue weighted by atomic mass is 16.5. The molecule has 2 aromatic rings. The Kier molecular flexibility index (Phi) is 3.99. The second-order valence-corrected chi connectivity index (χ2v) is 4.79. The second-order valence-electron chi connectivity index (χ2n) is 4.79. The molecule has 0 radical (unpaired) electrons. The van der Waals surface area contributed by atoms with E-state index in [4.69, 9.17) is 4.74 Å². The summed E-state index contributed by atoms with van der Waals surface area (Å²) in [5.74, 6) is 1.19. The van der Waals surface area contributed by atoms with Crippen LogP contribution in [0.15, 0.2) is 42.1 Å². The Morgan fingerprint density at radius 3 is 2.76 bits per heavy atom. The molecule has 21 heavy (non-hydrogen) atoms. The highest BCUT2D eigenvalue weighted by Gasteiger charge is 2.23. The maximum Gasteiger partial charge on any atom is 0.232 e. The van der Waals surface area contributed by atoms with Gasteiger partial charge in [-0.1, -0.05) is 0 Å². The zero-order valence-corrected chi connectivity index (χ0v) is 11.4. The number of piperidine rings is 1. The first kappa shape index (κ1) is 13.4. The van der Waals surface area contributed by atoms with Gasteiger partial charge in [0.05, 0.1) is 6.20 Å². The highest BCUT2D eigenvalue weighted by Crippen LogP contribution is 2.28. The van der Waals surface area contributed by atoms with Gasteiger partial charge >= 0.3 is 0 Å². The third kappa shape index (κ3) is 3.13. The molecule has 0 atom stereocenters. The molecule has 0 unspecified atom stereocenters. The lowest BCUT2D eigenvalue weighted by Crippen LogP contribution is -2.38.